The summed E-state index contributed by atoms with van der Waals surface area (Å²) in [4.78, 5) is 61.2. The van der Waals surface area contributed by atoms with Crippen LogP contribution in [-0.4, -0.2) is 46.5 Å². The van der Waals surface area contributed by atoms with Gasteiger partial charge in [0.2, 0.25) is 17.6 Å². The molecule has 0 aromatic heterocycles. The summed E-state index contributed by atoms with van der Waals surface area (Å²) in [5, 5.41) is 10.8. The molecular formula is C21H18N2O7. The van der Waals surface area contributed by atoms with Gasteiger partial charge in [-0.15, -0.1) is 0 Å². The van der Waals surface area contributed by atoms with Gasteiger partial charge in [0.15, 0.2) is 6.61 Å². The van der Waals surface area contributed by atoms with Crippen LogP contribution in [0.4, 0.5) is 5.69 Å². The molecule has 5 aliphatic rings. The van der Waals surface area contributed by atoms with E-state index in [1.807, 2.05) is 12.2 Å². The van der Waals surface area contributed by atoms with Gasteiger partial charge in [0.25, 0.3) is 5.69 Å². The van der Waals surface area contributed by atoms with E-state index in [0.29, 0.717) is 11.8 Å². The van der Waals surface area contributed by atoms with Crippen LogP contribution in [0.1, 0.15) is 16.8 Å². The lowest BCUT2D eigenvalue weighted by Crippen LogP contribution is -2.40. The first-order valence-electron chi connectivity index (χ1n) is 9.83. The second-order valence-electron chi connectivity index (χ2n) is 8.31. The Labute approximate surface area is 170 Å². The van der Waals surface area contributed by atoms with Gasteiger partial charge in [-0.25, -0.2) is 0 Å². The lowest BCUT2D eigenvalue weighted by molar-refractivity contribution is -0.384. The van der Waals surface area contributed by atoms with Gasteiger partial charge in [-0.05, 0) is 30.1 Å². The molecule has 6 atom stereocenters. The zero-order chi connectivity index (χ0) is 21.2. The summed E-state index contributed by atoms with van der Waals surface area (Å²) >= 11 is 0. The number of rotatable bonds is 6. The normalized spacial score (nSPS) is 32.6. The number of likely N-dealkylation sites (tertiary alicyclic amines) is 1. The summed E-state index contributed by atoms with van der Waals surface area (Å²) in [6, 6.07) is 5.10. The number of ketones is 1. The number of esters is 1. The Bertz CT molecular complexity index is 996. The van der Waals surface area contributed by atoms with E-state index in [0.717, 1.165) is 17.4 Å². The number of nitro benzene ring substituents is 1. The number of ether oxygens (including phenoxy) is 1. The Morgan fingerprint density at radius 3 is 2.33 bits per heavy atom. The van der Waals surface area contributed by atoms with Crippen molar-refractivity contribution in [1.29, 1.82) is 0 Å². The predicted octanol–water partition coefficient (Wildman–Crippen LogP) is 1.37. The number of Topliss-reactive ketones (excluding diaryl/α,β-unsaturated/α-hetero) is 1. The molecule has 1 heterocycles. The molecule has 0 spiro atoms. The number of allylic oxidation sites excluding steroid dienone is 2. The van der Waals surface area contributed by atoms with Crippen molar-refractivity contribution in [1.82, 2.24) is 4.90 Å². The van der Waals surface area contributed by atoms with Crippen molar-refractivity contribution < 1.29 is 28.8 Å². The number of imide groups is 1. The molecule has 0 unspecified atom stereocenters. The van der Waals surface area contributed by atoms with E-state index in [1.165, 1.54) is 18.2 Å². The van der Waals surface area contributed by atoms with Gasteiger partial charge < -0.3 is 4.74 Å². The average molecular weight is 410 g/mol. The Kier molecular flexibility index (Phi) is 4.09. The van der Waals surface area contributed by atoms with Crippen LogP contribution >= 0.6 is 0 Å². The van der Waals surface area contributed by atoms with Crippen molar-refractivity contribution in [2.24, 2.45) is 35.5 Å². The van der Waals surface area contributed by atoms with Crippen LogP contribution in [0.5, 0.6) is 0 Å². The predicted molar refractivity (Wildman–Crippen MR) is 99.8 cm³/mol. The standard InChI is InChI=1S/C21H18N2O7/c24-16(10-2-1-3-11(6-10)23(28)29)9-30-17(25)8-22-20(26)18-12-4-5-13(15-7-14(12)15)19(18)21(22)27/h1-6,12-15,18-19H,7-9H2/t12-,13+,14-,15-,18+,19-/m1/s1. The number of carbonyl (C=O) groups is 4. The van der Waals surface area contributed by atoms with E-state index < -0.39 is 41.7 Å². The van der Waals surface area contributed by atoms with Crippen molar-refractivity contribution in [2.75, 3.05) is 13.2 Å². The number of hydrogen-bond donors (Lipinski definition) is 0. The first kappa shape index (κ1) is 18.7. The van der Waals surface area contributed by atoms with E-state index in [1.54, 1.807) is 0 Å². The molecule has 1 aromatic rings. The highest BCUT2D eigenvalue weighted by molar-refractivity contribution is 6.08. The molecule has 1 aromatic carbocycles. The van der Waals surface area contributed by atoms with Crippen LogP contribution in [0.25, 0.3) is 0 Å². The second-order valence-corrected chi connectivity index (χ2v) is 8.31. The lowest BCUT2D eigenvalue weighted by atomic mass is 9.63. The molecule has 0 radical (unpaired) electrons. The SMILES string of the molecule is O=C(CN1C(=O)[C@@H]2[C@H]3C=C[C@H]([C@H]4C[C@H]34)[C@@H]2C1=O)OCC(=O)c1cccc([N+](=O)[O-])c1. The van der Waals surface area contributed by atoms with Crippen molar-refractivity contribution in [3.63, 3.8) is 0 Å². The lowest BCUT2D eigenvalue weighted by Gasteiger charge is -2.37. The molecule has 1 aliphatic heterocycles. The van der Waals surface area contributed by atoms with Gasteiger partial charge in [-0.2, -0.15) is 0 Å². The van der Waals surface area contributed by atoms with E-state index >= 15 is 0 Å². The summed E-state index contributed by atoms with van der Waals surface area (Å²) < 4.78 is 4.95. The largest absolute Gasteiger partial charge is 0.456 e. The van der Waals surface area contributed by atoms with E-state index in [2.05, 4.69) is 0 Å². The zero-order valence-electron chi connectivity index (χ0n) is 15.8. The molecule has 2 saturated carbocycles. The van der Waals surface area contributed by atoms with Gasteiger partial charge in [0, 0.05) is 17.7 Å². The third-order valence-electron chi connectivity index (χ3n) is 6.78. The maximum atomic E-state index is 12.8. The zero-order valence-corrected chi connectivity index (χ0v) is 15.8. The second kappa shape index (κ2) is 6.58. The molecular weight excluding hydrogens is 392 g/mol. The monoisotopic (exact) mass is 410 g/mol. The summed E-state index contributed by atoms with van der Waals surface area (Å²) in [5.74, 6) is -1.85. The van der Waals surface area contributed by atoms with Gasteiger partial charge in [0.05, 0.1) is 16.8 Å². The Hall–Kier alpha value is -3.36. The smallest absolute Gasteiger partial charge is 0.326 e. The van der Waals surface area contributed by atoms with Crippen LogP contribution in [0.2, 0.25) is 0 Å². The fraction of sp³-hybridized carbons (Fsp3) is 0.429. The summed E-state index contributed by atoms with van der Waals surface area (Å²) in [6.07, 6.45) is 5.15. The van der Waals surface area contributed by atoms with Crippen LogP contribution in [-0.2, 0) is 19.1 Å². The van der Waals surface area contributed by atoms with Gasteiger partial charge in [-0.1, -0.05) is 24.3 Å². The average Bonchev–Trinajstić information content (AvgIpc) is 3.53. The van der Waals surface area contributed by atoms with Crippen LogP contribution in [0.15, 0.2) is 36.4 Å². The number of amides is 2. The molecule has 6 rings (SSSR count). The van der Waals surface area contributed by atoms with E-state index in [9.17, 15) is 29.3 Å². The van der Waals surface area contributed by atoms with Crippen molar-refractivity contribution >= 4 is 29.3 Å². The Morgan fingerprint density at radius 1 is 1.10 bits per heavy atom. The van der Waals surface area contributed by atoms with Crippen LogP contribution < -0.4 is 0 Å². The van der Waals surface area contributed by atoms with Crippen LogP contribution in [0, 0.1) is 45.6 Å². The highest BCUT2D eigenvalue weighted by atomic mass is 16.6. The van der Waals surface area contributed by atoms with Crippen molar-refractivity contribution in [2.45, 2.75) is 6.42 Å². The Morgan fingerprint density at radius 2 is 1.73 bits per heavy atom. The van der Waals surface area contributed by atoms with Gasteiger partial charge in [-0.3, -0.25) is 34.2 Å². The minimum atomic E-state index is -0.861. The molecule has 154 valence electrons. The maximum absolute atomic E-state index is 12.8. The topological polar surface area (TPSA) is 124 Å². The quantitative estimate of drug-likeness (QED) is 0.173. The fourth-order valence-electron chi connectivity index (χ4n) is 5.37. The van der Waals surface area contributed by atoms with Crippen LogP contribution in [0.3, 0.4) is 0 Å². The number of nitrogens with zero attached hydrogens (tertiary/aromatic N) is 2. The third-order valence-corrected chi connectivity index (χ3v) is 6.78. The molecule has 1 saturated heterocycles. The van der Waals surface area contributed by atoms with Gasteiger partial charge in [0.1, 0.15) is 6.54 Å². The minimum Gasteiger partial charge on any atom is -0.456 e. The molecule has 2 amide bonds. The van der Waals surface area contributed by atoms with Crippen molar-refractivity contribution in [3.8, 4) is 0 Å². The first-order chi connectivity index (χ1) is 14.4. The molecule has 9 nitrogen and oxygen atoms in total. The number of nitro groups is 1. The molecule has 0 N–H and O–H groups in total. The molecule has 3 fully saturated rings. The molecule has 2 bridgehead atoms. The summed E-state index contributed by atoms with van der Waals surface area (Å²) in [5.41, 5.74) is -0.206. The van der Waals surface area contributed by atoms with E-state index in [-0.39, 0.29) is 34.9 Å². The molecule has 9 heteroatoms. The highest BCUT2D eigenvalue weighted by Gasteiger charge is 2.67. The highest BCUT2D eigenvalue weighted by Crippen LogP contribution is 2.65. The minimum absolute atomic E-state index is 0.0400. The molecule has 4 aliphatic carbocycles. The maximum Gasteiger partial charge on any atom is 0.326 e. The first-order valence-corrected chi connectivity index (χ1v) is 9.83. The third kappa shape index (κ3) is 2.76. The summed E-state index contributed by atoms with van der Waals surface area (Å²) in [6.45, 7) is -1.15. The van der Waals surface area contributed by atoms with Crippen molar-refractivity contribution in [3.05, 3.63) is 52.1 Å². The number of carbonyl (C=O) groups excluding carboxylic acids is 4. The number of non-ortho nitro benzene ring substituents is 1. The summed E-state index contributed by atoms with van der Waals surface area (Å²) in [7, 11) is 0. The molecule has 30 heavy (non-hydrogen) atoms. The Balaban J connectivity index is 1.21. The van der Waals surface area contributed by atoms with E-state index in [4.69, 9.17) is 4.74 Å². The van der Waals surface area contributed by atoms with Gasteiger partial charge >= 0.3 is 5.97 Å². The fourth-order valence-corrected chi connectivity index (χ4v) is 5.37. The number of hydrogen-bond acceptors (Lipinski definition) is 7. The number of benzene rings is 1.